The van der Waals surface area contributed by atoms with Gasteiger partial charge in [-0.15, -0.1) is 0 Å². The van der Waals surface area contributed by atoms with Crippen molar-refractivity contribution in [1.29, 1.82) is 0 Å². The highest BCUT2D eigenvalue weighted by molar-refractivity contribution is 7.92. The summed E-state index contributed by atoms with van der Waals surface area (Å²) in [5, 5.41) is 9.77. The van der Waals surface area contributed by atoms with E-state index in [1.54, 1.807) is 0 Å². The summed E-state index contributed by atoms with van der Waals surface area (Å²) < 4.78 is 24.1. The molecule has 1 fully saturated rings. The first kappa shape index (κ1) is 13.6. The highest BCUT2D eigenvalue weighted by Gasteiger charge is 2.35. The molecule has 0 spiro atoms. The van der Waals surface area contributed by atoms with E-state index >= 15 is 0 Å². The number of aliphatic hydroxyl groups excluding tert-OH is 1. The van der Waals surface area contributed by atoms with Gasteiger partial charge in [0.2, 0.25) is 0 Å². The minimum Gasteiger partial charge on any atom is -0.387 e. The first-order valence-corrected chi connectivity index (χ1v) is 8.10. The van der Waals surface area contributed by atoms with E-state index in [-0.39, 0.29) is 5.75 Å². The molecule has 0 bridgehead atoms. The molecular formula is C14H20O3S. The molecule has 1 heterocycles. The Bertz CT molecular complexity index is 534. The average Bonchev–Trinajstić information content (AvgIpc) is 2.31. The molecule has 0 amide bonds. The van der Waals surface area contributed by atoms with Crippen molar-refractivity contribution in [3.05, 3.63) is 34.9 Å². The third-order valence-corrected chi connectivity index (χ3v) is 6.01. The number of benzene rings is 1. The molecule has 1 saturated heterocycles. The van der Waals surface area contributed by atoms with Crippen molar-refractivity contribution in [3.8, 4) is 0 Å². The summed E-state index contributed by atoms with van der Waals surface area (Å²) in [5.41, 5.74) is 2.75. The van der Waals surface area contributed by atoms with Crippen LogP contribution >= 0.6 is 0 Å². The van der Waals surface area contributed by atoms with Crippen LogP contribution in [-0.2, 0) is 9.84 Å². The topological polar surface area (TPSA) is 54.4 Å². The maximum Gasteiger partial charge on any atom is 0.156 e. The quantitative estimate of drug-likeness (QED) is 0.895. The van der Waals surface area contributed by atoms with Crippen molar-refractivity contribution in [1.82, 2.24) is 0 Å². The van der Waals surface area contributed by atoms with Crippen molar-refractivity contribution < 1.29 is 13.5 Å². The summed E-state index contributed by atoms with van der Waals surface area (Å²) in [6.07, 6.45) is 1.27. The van der Waals surface area contributed by atoms with Gasteiger partial charge in [-0.25, -0.2) is 8.42 Å². The molecule has 0 aromatic heterocycles. The number of hydrogen-bond acceptors (Lipinski definition) is 3. The normalized spacial score (nSPS) is 24.7. The van der Waals surface area contributed by atoms with Gasteiger partial charge in [-0.05, 0) is 37.8 Å². The number of aliphatic hydroxyl groups is 1. The van der Waals surface area contributed by atoms with Gasteiger partial charge in [-0.3, -0.25) is 0 Å². The van der Waals surface area contributed by atoms with Gasteiger partial charge in [0, 0.05) is 0 Å². The first-order valence-electron chi connectivity index (χ1n) is 6.38. The molecule has 1 aliphatic heterocycles. The van der Waals surface area contributed by atoms with E-state index in [2.05, 4.69) is 0 Å². The van der Waals surface area contributed by atoms with Crippen LogP contribution in [0.4, 0.5) is 0 Å². The van der Waals surface area contributed by atoms with Crippen LogP contribution in [0, 0.1) is 13.8 Å². The number of hydrogen-bond donors (Lipinski definition) is 1. The second-order valence-electron chi connectivity index (χ2n) is 5.21. The van der Waals surface area contributed by atoms with Crippen LogP contribution in [0.25, 0.3) is 0 Å². The molecule has 0 radical (unpaired) electrons. The number of aryl methyl sites for hydroxylation is 2. The summed E-state index contributed by atoms with van der Waals surface area (Å²) in [5.74, 6) is 0.208. The third-order valence-electron chi connectivity index (χ3n) is 3.73. The van der Waals surface area contributed by atoms with E-state index in [0.29, 0.717) is 6.42 Å². The Morgan fingerprint density at radius 2 is 2.00 bits per heavy atom. The molecule has 2 atom stereocenters. The fourth-order valence-corrected chi connectivity index (χ4v) is 4.59. The van der Waals surface area contributed by atoms with Gasteiger partial charge in [-0.1, -0.05) is 30.2 Å². The Morgan fingerprint density at radius 3 is 2.67 bits per heavy atom. The van der Waals surface area contributed by atoms with Gasteiger partial charge in [0.25, 0.3) is 0 Å². The van der Waals surface area contributed by atoms with Crippen LogP contribution in [-0.4, -0.2) is 24.5 Å². The highest BCUT2D eigenvalue weighted by Crippen LogP contribution is 2.32. The van der Waals surface area contributed by atoms with Crippen LogP contribution in [0.3, 0.4) is 0 Å². The molecule has 1 N–H and O–H groups in total. The van der Waals surface area contributed by atoms with Crippen molar-refractivity contribution >= 4 is 9.84 Å². The van der Waals surface area contributed by atoms with Gasteiger partial charge in [0.05, 0.1) is 17.1 Å². The van der Waals surface area contributed by atoms with Crippen LogP contribution in [0.15, 0.2) is 18.2 Å². The molecule has 1 aromatic rings. The van der Waals surface area contributed by atoms with E-state index in [0.717, 1.165) is 29.5 Å². The van der Waals surface area contributed by atoms with Crippen LogP contribution in [0.1, 0.15) is 42.1 Å². The van der Waals surface area contributed by atoms with Gasteiger partial charge in [0.15, 0.2) is 9.84 Å². The van der Waals surface area contributed by atoms with Gasteiger partial charge >= 0.3 is 0 Å². The van der Waals surface area contributed by atoms with E-state index in [4.69, 9.17) is 0 Å². The Kier molecular flexibility index (Phi) is 3.78. The molecule has 2 rings (SSSR count). The maximum atomic E-state index is 12.0. The Labute approximate surface area is 109 Å². The second-order valence-corrected chi connectivity index (χ2v) is 7.55. The predicted molar refractivity (Wildman–Crippen MR) is 72.3 cm³/mol. The fourth-order valence-electron chi connectivity index (χ4n) is 2.61. The molecule has 2 unspecified atom stereocenters. The lowest BCUT2D eigenvalue weighted by Gasteiger charge is -2.28. The zero-order chi connectivity index (χ0) is 13.3. The molecule has 18 heavy (non-hydrogen) atoms. The summed E-state index contributed by atoms with van der Waals surface area (Å²) in [7, 11) is -3.15. The third kappa shape index (κ3) is 2.59. The molecule has 0 aliphatic carbocycles. The highest BCUT2D eigenvalue weighted by atomic mass is 32.2. The van der Waals surface area contributed by atoms with Gasteiger partial charge in [-0.2, -0.15) is 0 Å². The average molecular weight is 268 g/mol. The second kappa shape index (κ2) is 5.02. The van der Waals surface area contributed by atoms with E-state index < -0.39 is 21.2 Å². The smallest absolute Gasteiger partial charge is 0.156 e. The Morgan fingerprint density at radius 1 is 1.28 bits per heavy atom. The number of sulfone groups is 1. The van der Waals surface area contributed by atoms with Crippen molar-refractivity contribution in [2.75, 3.05) is 5.75 Å². The lowest BCUT2D eigenvalue weighted by molar-refractivity contribution is 0.163. The lowest BCUT2D eigenvalue weighted by Crippen LogP contribution is -2.34. The molecule has 1 aliphatic rings. The van der Waals surface area contributed by atoms with Crippen molar-refractivity contribution in [2.45, 2.75) is 44.5 Å². The zero-order valence-electron chi connectivity index (χ0n) is 10.9. The predicted octanol–water partition coefficient (Wildman–Crippen LogP) is 2.30. The molecule has 1 aromatic carbocycles. The van der Waals surface area contributed by atoms with Gasteiger partial charge < -0.3 is 5.11 Å². The minimum atomic E-state index is -3.15. The zero-order valence-corrected chi connectivity index (χ0v) is 11.7. The number of rotatable bonds is 2. The first-order chi connectivity index (χ1) is 8.42. The Balaban J connectivity index is 2.35. The molecule has 4 heteroatoms. The van der Waals surface area contributed by atoms with E-state index in [1.807, 2.05) is 32.0 Å². The van der Waals surface area contributed by atoms with Crippen molar-refractivity contribution in [2.24, 2.45) is 0 Å². The summed E-state index contributed by atoms with van der Waals surface area (Å²) in [4.78, 5) is 0. The van der Waals surface area contributed by atoms with E-state index in [1.165, 1.54) is 0 Å². The van der Waals surface area contributed by atoms with Crippen LogP contribution in [0.5, 0.6) is 0 Å². The standard InChI is InChI=1S/C14H20O3S/c1-10-6-7-11(2)12(9-10)14(15)13-5-3-4-8-18(13,16)17/h6-7,9,13-15H,3-5,8H2,1-2H3. The summed E-state index contributed by atoms with van der Waals surface area (Å²) in [6.45, 7) is 3.86. The Hall–Kier alpha value is -0.870. The molecular weight excluding hydrogens is 248 g/mol. The van der Waals surface area contributed by atoms with Gasteiger partial charge in [0.1, 0.15) is 0 Å². The minimum absolute atomic E-state index is 0.208. The largest absolute Gasteiger partial charge is 0.387 e. The fraction of sp³-hybridized carbons (Fsp3) is 0.571. The summed E-state index contributed by atoms with van der Waals surface area (Å²) >= 11 is 0. The van der Waals surface area contributed by atoms with Crippen LogP contribution in [0.2, 0.25) is 0 Å². The maximum absolute atomic E-state index is 12.0. The lowest BCUT2D eigenvalue weighted by atomic mass is 9.96. The monoisotopic (exact) mass is 268 g/mol. The molecule has 0 saturated carbocycles. The van der Waals surface area contributed by atoms with Crippen LogP contribution < -0.4 is 0 Å². The SMILES string of the molecule is Cc1ccc(C)c(C(O)C2CCCCS2(=O)=O)c1. The molecule has 3 nitrogen and oxygen atoms in total. The molecule has 100 valence electrons. The summed E-state index contributed by atoms with van der Waals surface area (Å²) in [6, 6.07) is 5.80. The van der Waals surface area contributed by atoms with E-state index in [9.17, 15) is 13.5 Å². The van der Waals surface area contributed by atoms with Crippen molar-refractivity contribution in [3.63, 3.8) is 0 Å².